The minimum atomic E-state index is -1.03. The van der Waals surface area contributed by atoms with Gasteiger partial charge in [-0.3, -0.25) is 19.3 Å². The summed E-state index contributed by atoms with van der Waals surface area (Å²) in [6.45, 7) is -0.343. The van der Waals surface area contributed by atoms with Gasteiger partial charge in [-0.2, -0.15) is 0 Å². The van der Waals surface area contributed by atoms with E-state index in [1.807, 2.05) is 0 Å². The first-order valence-corrected chi connectivity index (χ1v) is 13.3. The SMILES string of the molecule is COc1ccc(NC(=O)CN2C(=O)S/C(=C/c3cc(Br)c(OCc4cccc(C(=O)O)c4)c(OC)c3)C2=O)cc1. The molecule has 3 amide bonds. The summed E-state index contributed by atoms with van der Waals surface area (Å²) in [7, 11) is 2.99. The average Bonchev–Trinajstić information content (AvgIpc) is 3.19. The van der Waals surface area contributed by atoms with Crippen molar-refractivity contribution in [2.24, 2.45) is 0 Å². The van der Waals surface area contributed by atoms with E-state index in [0.717, 1.165) is 16.7 Å². The Morgan fingerprint density at radius 3 is 2.48 bits per heavy atom. The molecule has 1 aliphatic heterocycles. The minimum absolute atomic E-state index is 0.0902. The van der Waals surface area contributed by atoms with E-state index in [1.165, 1.54) is 32.4 Å². The van der Waals surface area contributed by atoms with Crippen molar-refractivity contribution in [3.05, 3.63) is 86.7 Å². The van der Waals surface area contributed by atoms with E-state index < -0.39 is 29.6 Å². The zero-order chi connectivity index (χ0) is 28.8. The Morgan fingerprint density at radius 2 is 1.80 bits per heavy atom. The third-order valence-electron chi connectivity index (χ3n) is 5.66. The quantitative estimate of drug-likeness (QED) is 0.283. The fourth-order valence-corrected chi connectivity index (χ4v) is 5.13. The number of nitrogens with one attached hydrogen (secondary N) is 1. The summed E-state index contributed by atoms with van der Waals surface area (Å²) in [5.74, 6) is -0.784. The molecule has 0 aliphatic carbocycles. The molecule has 2 N–H and O–H groups in total. The number of aromatic carboxylic acids is 1. The molecule has 40 heavy (non-hydrogen) atoms. The van der Waals surface area contributed by atoms with Crippen molar-refractivity contribution in [2.75, 3.05) is 26.1 Å². The first-order valence-electron chi connectivity index (χ1n) is 11.7. The number of methoxy groups -OCH3 is 2. The average molecular weight is 627 g/mol. The Bertz CT molecular complexity index is 1510. The standard InChI is InChI=1S/C28H23BrN2O8S/c1-37-20-8-6-19(7-9-20)30-24(32)14-31-26(33)23(40-28(31)36)13-17-11-21(29)25(22(12-17)38-2)39-15-16-4-3-5-18(10-16)27(34)35/h3-13H,14-15H2,1-2H3,(H,30,32)(H,34,35)/b23-13+. The van der Waals surface area contributed by atoms with Crippen LogP contribution < -0.4 is 19.5 Å². The van der Waals surface area contributed by atoms with Crippen molar-refractivity contribution in [1.29, 1.82) is 0 Å². The van der Waals surface area contributed by atoms with Crippen LogP contribution in [-0.2, 0) is 16.2 Å². The van der Waals surface area contributed by atoms with Crippen LogP contribution in [0.4, 0.5) is 10.5 Å². The number of anilines is 1. The number of halogens is 1. The summed E-state index contributed by atoms with van der Waals surface area (Å²) in [5, 5.41) is 11.3. The molecule has 206 valence electrons. The van der Waals surface area contributed by atoms with Gasteiger partial charge in [-0.1, -0.05) is 12.1 Å². The predicted molar refractivity (Wildman–Crippen MR) is 153 cm³/mol. The maximum Gasteiger partial charge on any atom is 0.335 e. The van der Waals surface area contributed by atoms with Gasteiger partial charge in [-0.15, -0.1) is 0 Å². The smallest absolute Gasteiger partial charge is 0.335 e. The lowest BCUT2D eigenvalue weighted by atomic mass is 10.1. The summed E-state index contributed by atoms with van der Waals surface area (Å²) >= 11 is 4.18. The summed E-state index contributed by atoms with van der Waals surface area (Å²) in [4.78, 5) is 50.2. The molecule has 1 saturated heterocycles. The number of thioether (sulfide) groups is 1. The molecule has 1 aliphatic rings. The Morgan fingerprint density at radius 1 is 1.05 bits per heavy atom. The fourth-order valence-electron chi connectivity index (χ4n) is 3.72. The van der Waals surface area contributed by atoms with Crippen LogP contribution in [0.3, 0.4) is 0 Å². The normalized spacial score (nSPS) is 13.9. The van der Waals surface area contributed by atoms with Crippen molar-refractivity contribution in [3.63, 3.8) is 0 Å². The van der Waals surface area contributed by atoms with E-state index in [4.69, 9.17) is 14.2 Å². The molecular formula is C28H23BrN2O8S. The van der Waals surface area contributed by atoms with Crippen molar-refractivity contribution in [2.45, 2.75) is 6.61 Å². The highest BCUT2D eigenvalue weighted by Gasteiger charge is 2.36. The largest absolute Gasteiger partial charge is 0.497 e. The molecule has 12 heteroatoms. The molecule has 0 bridgehead atoms. The maximum absolute atomic E-state index is 12.9. The first kappa shape index (κ1) is 28.7. The summed E-state index contributed by atoms with van der Waals surface area (Å²) in [5.41, 5.74) is 1.86. The molecule has 0 radical (unpaired) electrons. The summed E-state index contributed by atoms with van der Waals surface area (Å²) in [6.07, 6.45) is 1.53. The predicted octanol–water partition coefficient (Wildman–Crippen LogP) is 5.42. The molecule has 10 nitrogen and oxygen atoms in total. The minimum Gasteiger partial charge on any atom is -0.497 e. The van der Waals surface area contributed by atoms with Gasteiger partial charge in [0.1, 0.15) is 18.9 Å². The highest BCUT2D eigenvalue weighted by Crippen LogP contribution is 2.39. The molecule has 3 aromatic rings. The van der Waals surface area contributed by atoms with Crippen molar-refractivity contribution < 1.29 is 38.5 Å². The highest BCUT2D eigenvalue weighted by atomic mass is 79.9. The molecular weight excluding hydrogens is 604 g/mol. The number of nitrogens with zero attached hydrogens (tertiary/aromatic N) is 1. The molecule has 1 fully saturated rings. The van der Waals surface area contributed by atoms with Gasteiger partial charge in [0.15, 0.2) is 11.5 Å². The van der Waals surface area contributed by atoms with Crippen LogP contribution in [0.5, 0.6) is 17.2 Å². The zero-order valence-electron chi connectivity index (χ0n) is 21.3. The number of imide groups is 1. The van der Waals surface area contributed by atoms with Gasteiger partial charge in [0.25, 0.3) is 11.1 Å². The molecule has 0 unspecified atom stereocenters. The second-order valence-corrected chi connectivity index (χ2v) is 10.2. The molecule has 0 saturated carbocycles. The van der Waals surface area contributed by atoms with Gasteiger partial charge in [-0.25, -0.2) is 4.79 Å². The number of benzene rings is 3. The molecule has 1 heterocycles. The number of carbonyl (C=O) groups is 4. The summed E-state index contributed by atoms with van der Waals surface area (Å²) < 4.78 is 17.0. The Labute approximate surface area is 242 Å². The van der Waals surface area contributed by atoms with Gasteiger partial charge in [0, 0.05) is 5.69 Å². The molecule has 3 aromatic carbocycles. The molecule has 4 rings (SSSR count). The van der Waals surface area contributed by atoms with E-state index in [9.17, 15) is 24.3 Å². The van der Waals surface area contributed by atoms with Crippen LogP contribution in [0, 0.1) is 0 Å². The van der Waals surface area contributed by atoms with Gasteiger partial charge in [-0.05, 0) is 93.4 Å². The van der Waals surface area contributed by atoms with Gasteiger partial charge < -0.3 is 24.6 Å². The molecule has 0 atom stereocenters. The van der Waals surface area contributed by atoms with Crippen molar-refractivity contribution in [3.8, 4) is 17.2 Å². The van der Waals surface area contributed by atoms with Crippen LogP contribution in [-0.4, -0.2) is 53.8 Å². The number of ether oxygens (including phenoxy) is 3. The second-order valence-electron chi connectivity index (χ2n) is 8.37. The lowest BCUT2D eigenvalue weighted by Gasteiger charge is -2.14. The number of hydrogen-bond acceptors (Lipinski definition) is 8. The molecule has 0 aromatic heterocycles. The maximum atomic E-state index is 12.9. The van der Waals surface area contributed by atoms with Crippen LogP contribution in [0.25, 0.3) is 6.08 Å². The van der Waals surface area contributed by atoms with Gasteiger partial charge in [0.05, 0.1) is 29.2 Å². The number of hydrogen-bond donors (Lipinski definition) is 2. The highest BCUT2D eigenvalue weighted by molar-refractivity contribution is 9.10. The van der Waals surface area contributed by atoms with Crippen molar-refractivity contribution in [1.82, 2.24) is 4.90 Å². The Kier molecular flexibility index (Phi) is 9.12. The Balaban J connectivity index is 1.45. The number of amides is 3. The number of carbonyl (C=O) groups excluding carboxylic acids is 3. The first-order chi connectivity index (χ1) is 19.2. The van der Waals surface area contributed by atoms with E-state index in [-0.39, 0.29) is 17.1 Å². The van der Waals surface area contributed by atoms with Crippen LogP contribution in [0.1, 0.15) is 21.5 Å². The van der Waals surface area contributed by atoms with E-state index >= 15 is 0 Å². The fraction of sp³-hybridized carbons (Fsp3) is 0.143. The molecule has 0 spiro atoms. The van der Waals surface area contributed by atoms with Crippen LogP contribution in [0.2, 0.25) is 0 Å². The monoisotopic (exact) mass is 626 g/mol. The van der Waals surface area contributed by atoms with Gasteiger partial charge in [0.2, 0.25) is 5.91 Å². The third-order valence-corrected chi connectivity index (χ3v) is 7.15. The van der Waals surface area contributed by atoms with E-state index in [1.54, 1.807) is 48.5 Å². The number of carboxylic acids is 1. The zero-order valence-corrected chi connectivity index (χ0v) is 23.7. The topological polar surface area (TPSA) is 131 Å². The van der Waals surface area contributed by atoms with Crippen LogP contribution >= 0.6 is 27.7 Å². The van der Waals surface area contributed by atoms with Crippen LogP contribution in [0.15, 0.2) is 70.0 Å². The van der Waals surface area contributed by atoms with E-state index in [2.05, 4.69) is 21.2 Å². The van der Waals surface area contributed by atoms with E-state index in [0.29, 0.717) is 38.5 Å². The Hall–Kier alpha value is -4.29. The second kappa shape index (κ2) is 12.7. The van der Waals surface area contributed by atoms with Gasteiger partial charge >= 0.3 is 5.97 Å². The van der Waals surface area contributed by atoms with Crippen molar-refractivity contribution >= 4 is 62.5 Å². The lowest BCUT2D eigenvalue weighted by Crippen LogP contribution is -2.36. The summed E-state index contributed by atoms with van der Waals surface area (Å²) in [6, 6.07) is 16.4. The number of rotatable bonds is 10. The third kappa shape index (κ3) is 6.82. The lowest BCUT2D eigenvalue weighted by molar-refractivity contribution is -0.127. The number of carboxylic acid groups (broad SMARTS) is 1.